The number of rotatable bonds is 6. The van der Waals surface area contributed by atoms with E-state index in [1.165, 1.54) is 0 Å². The zero-order valence-electron chi connectivity index (χ0n) is 15.6. The summed E-state index contributed by atoms with van der Waals surface area (Å²) in [5.74, 6) is -1.00. The van der Waals surface area contributed by atoms with Gasteiger partial charge in [-0.25, -0.2) is 0 Å². The first-order valence-corrected chi connectivity index (χ1v) is 9.05. The summed E-state index contributed by atoms with van der Waals surface area (Å²) in [7, 11) is 1.60. The zero-order chi connectivity index (χ0) is 20.5. The third kappa shape index (κ3) is 3.38. The standard InChI is InChI=1S/C22H18N2O5/c1-29-16-7-2-13(3-8-16)19-10-5-14(6-11-20(25)26)24(19)15-4-9-17-18(12-15)22(28)23-21(17)27/h2-5,7-10,12H,6,11H2,1H3,(H,25,26)(H,23,27,28). The number of aliphatic carboxylic acids is 1. The van der Waals surface area contributed by atoms with Crippen molar-refractivity contribution in [2.45, 2.75) is 12.8 Å². The number of nitrogens with one attached hydrogen (secondary N) is 1. The van der Waals surface area contributed by atoms with Gasteiger partial charge in [0.25, 0.3) is 11.8 Å². The predicted molar refractivity (Wildman–Crippen MR) is 106 cm³/mol. The molecule has 2 heterocycles. The molecule has 2 amide bonds. The minimum absolute atomic E-state index is 0.0179. The lowest BCUT2D eigenvalue weighted by Gasteiger charge is -2.15. The summed E-state index contributed by atoms with van der Waals surface area (Å²) >= 11 is 0. The van der Waals surface area contributed by atoms with Crippen molar-refractivity contribution in [3.05, 3.63) is 71.4 Å². The average molecular weight is 390 g/mol. The van der Waals surface area contributed by atoms with E-state index in [0.29, 0.717) is 23.2 Å². The maximum absolute atomic E-state index is 12.1. The lowest BCUT2D eigenvalue weighted by Crippen LogP contribution is -2.19. The minimum atomic E-state index is -0.886. The molecule has 2 N–H and O–H groups in total. The van der Waals surface area contributed by atoms with Crippen molar-refractivity contribution in [1.29, 1.82) is 0 Å². The van der Waals surface area contributed by atoms with E-state index >= 15 is 0 Å². The Hall–Kier alpha value is -3.87. The van der Waals surface area contributed by atoms with Crippen LogP contribution in [0.5, 0.6) is 5.75 Å². The van der Waals surface area contributed by atoms with E-state index in [2.05, 4.69) is 5.32 Å². The normalized spacial score (nSPS) is 12.6. The number of carbonyl (C=O) groups excluding carboxylic acids is 2. The summed E-state index contributed by atoms with van der Waals surface area (Å²) in [6, 6.07) is 16.3. The molecule has 0 spiro atoms. The quantitative estimate of drug-likeness (QED) is 0.631. The summed E-state index contributed by atoms with van der Waals surface area (Å²) < 4.78 is 7.13. The Morgan fingerprint density at radius 2 is 1.72 bits per heavy atom. The van der Waals surface area contributed by atoms with Gasteiger partial charge < -0.3 is 14.4 Å². The Labute approximate surface area is 166 Å². The van der Waals surface area contributed by atoms with Gasteiger partial charge in [-0.15, -0.1) is 0 Å². The molecule has 0 saturated carbocycles. The van der Waals surface area contributed by atoms with Crippen LogP contribution >= 0.6 is 0 Å². The van der Waals surface area contributed by atoms with Gasteiger partial charge in [0, 0.05) is 11.4 Å². The first-order chi connectivity index (χ1) is 14.0. The number of imide groups is 1. The van der Waals surface area contributed by atoms with Crippen LogP contribution in [0, 0.1) is 0 Å². The highest BCUT2D eigenvalue weighted by Gasteiger charge is 2.27. The molecule has 1 aromatic heterocycles. The van der Waals surface area contributed by atoms with Crippen LogP contribution in [0.2, 0.25) is 0 Å². The number of carboxylic acids is 1. The van der Waals surface area contributed by atoms with Crippen LogP contribution in [0.1, 0.15) is 32.8 Å². The molecule has 3 aromatic rings. The number of hydrogen-bond donors (Lipinski definition) is 2. The van der Waals surface area contributed by atoms with Crippen molar-refractivity contribution in [2.75, 3.05) is 7.11 Å². The number of fused-ring (bicyclic) bond motifs is 1. The molecular weight excluding hydrogens is 372 g/mol. The van der Waals surface area contributed by atoms with Crippen LogP contribution in [0.4, 0.5) is 0 Å². The topological polar surface area (TPSA) is 97.6 Å². The Morgan fingerprint density at radius 3 is 2.41 bits per heavy atom. The van der Waals surface area contributed by atoms with Gasteiger partial charge in [0.05, 0.1) is 30.4 Å². The van der Waals surface area contributed by atoms with E-state index in [9.17, 15) is 14.4 Å². The SMILES string of the molecule is COc1ccc(-c2ccc(CCC(=O)O)n2-c2ccc3c(c2)C(=O)NC3=O)cc1. The number of carboxylic acid groups (broad SMARTS) is 1. The summed E-state index contributed by atoms with van der Waals surface area (Å²) in [5, 5.41) is 11.4. The van der Waals surface area contributed by atoms with Crippen LogP contribution in [-0.4, -0.2) is 34.6 Å². The first-order valence-electron chi connectivity index (χ1n) is 9.05. The van der Waals surface area contributed by atoms with E-state index in [0.717, 1.165) is 22.7 Å². The maximum Gasteiger partial charge on any atom is 0.303 e. The first kappa shape index (κ1) is 18.5. The van der Waals surface area contributed by atoms with Crippen LogP contribution in [0.25, 0.3) is 16.9 Å². The number of ether oxygens (including phenoxy) is 1. The average Bonchev–Trinajstić information content (AvgIpc) is 3.27. The monoisotopic (exact) mass is 390 g/mol. The number of amides is 2. The molecule has 0 bridgehead atoms. The molecule has 7 heteroatoms. The van der Waals surface area contributed by atoms with Crippen LogP contribution < -0.4 is 10.1 Å². The van der Waals surface area contributed by atoms with E-state index in [1.807, 2.05) is 41.0 Å². The third-order valence-corrected chi connectivity index (χ3v) is 4.92. The minimum Gasteiger partial charge on any atom is -0.497 e. The third-order valence-electron chi connectivity index (χ3n) is 4.92. The zero-order valence-corrected chi connectivity index (χ0v) is 15.6. The van der Waals surface area contributed by atoms with Crippen LogP contribution in [0.3, 0.4) is 0 Å². The number of hydrogen-bond acceptors (Lipinski definition) is 4. The number of benzene rings is 2. The van der Waals surface area contributed by atoms with Crippen molar-refractivity contribution in [1.82, 2.24) is 9.88 Å². The van der Waals surface area contributed by atoms with Gasteiger partial charge in [0.2, 0.25) is 0 Å². The summed E-state index contributed by atoms with van der Waals surface area (Å²) in [4.78, 5) is 35.0. The smallest absolute Gasteiger partial charge is 0.303 e. The Balaban J connectivity index is 1.84. The fourth-order valence-corrected chi connectivity index (χ4v) is 3.50. The van der Waals surface area contributed by atoms with Gasteiger partial charge in [-0.3, -0.25) is 19.7 Å². The molecule has 29 heavy (non-hydrogen) atoms. The fraction of sp³-hybridized carbons (Fsp3) is 0.136. The van der Waals surface area contributed by atoms with E-state index in [4.69, 9.17) is 9.84 Å². The molecule has 2 aromatic carbocycles. The molecule has 0 unspecified atom stereocenters. The molecule has 1 aliphatic heterocycles. The Bertz CT molecular complexity index is 1130. The lowest BCUT2D eigenvalue weighted by molar-refractivity contribution is -0.137. The van der Waals surface area contributed by atoms with E-state index in [1.54, 1.807) is 25.3 Å². The van der Waals surface area contributed by atoms with Crippen molar-refractivity contribution < 1.29 is 24.2 Å². The second-order valence-electron chi connectivity index (χ2n) is 6.68. The summed E-state index contributed by atoms with van der Waals surface area (Å²) in [6.45, 7) is 0. The molecule has 146 valence electrons. The van der Waals surface area contributed by atoms with E-state index in [-0.39, 0.29) is 6.42 Å². The van der Waals surface area contributed by atoms with Crippen LogP contribution in [0.15, 0.2) is 54.6 Å². The summed E-state index contributed by atoms with van der Waals surface area (Å²) in [6.07, 6.45) is 0.309. The molecule has 7 nitrogen and oxygen atoms in total. The molecular formula is C22H18N2O5. The fourth-order valence-electron chi connectivity index (χ4n) is 3.50. The second-order valence-corrected chi connectivity index (χ2v) is 6.68. The Kier molecular flexibility index (Phi) is 4.64. The van der Waals surface area contributed by atoms with Crippen LogP contribution in [-0.2, 0) is 11.2 Å². The van der Waals surface area contributed by atoms with Gasteiger partial charge in [0.1, 0.15) is 5.75 Å². The number of methoxy groups -OCH3 is 1. The van der Waals surface area contributed by atoms with Gasteiger partial charge >= 0.3 is 5.97 Å². The Morgan fingerprint density at radius 1 is 1.00 bits per heavy atom. The van der Waals surface area contributed by atoms with Gasteiger partial charge in [-0.05, 0) is 66.6 Å². The van der Waals surface area contributed by atoms with Crippen molar-refractivity contribution in [3.63, 3.8) is 0 Å². The molecule has 0 aliphatic carbocycles. The highest BCUT2D eigenvalue weighted by atomic mass is 16.5. The molecule has 0 radical (unpaired) electrons. The molecule has 0 atom stereocenters. The number of nitrogens with zero attached hydrogens (tertiary/aromatic N) is 1. The highest BCUT2D eigenvalue weighted by Crippen LogP contribution is 2.30. The number of aryl methyl sites for hydroxylation is 1. The maximum atomic E-state index is 12.1. The van der Waals surface area contributed by atoms with Crippen molar-refractivity contribution >= 4 is 17.8 Å². The largest absolute Gasteiger partial charge is 0.497 e. The second kappa shape index (κ2) is 7.27. The highest BCUT2D eigenvalue weighted by molar-refractivity contribution is 6.21. The molecule has 0 fully saturated rings. The summed E-state index contributed by atoms with van der Waals surface area (Å²) in [5.41, 5.74) is 3.88. The van der Waals surface area contributed by atoms with E-state index < -0.39 is 17.8 Å². The van der Waals surface area contributed by atoms with Crippen molar-refractivity contribution in [3.8, 4) is 22.7 Å². The van der Waals surface area contributed by atoms with Gasteiger partial charge in [0.15, 0.2) is 0 Å². The number of aromatic nitrogens is 1. The lowest BCUT2D eigenvalue weighted by atomic mass is 10.1. The van der Waals surface area contributed by atoms with Crippen molar-refractivity contribution in [2.24, 2.45) is 0 Å². The number of carbonyl (C=O) groups is 3. The molecule has 1 aliphatic rings. The van der Waals surface area contributed by atoms with Gasteiger partial charge in [-0.2, -0.15) is 0 Å². The van der Waals surface area contributed by atoms with Gasteiger partial charge in [-0.1, -0.05) is 0 Å². The predicted octanol–water partition coefficient (Wildman–Crippen LogP) is 3.05. The molecule has 0 saturated heterocycles. The molecule has 4 rings (SSSR count).